The maximum Gasteiger partial charge on any atom is 0.254 e. The monoisotopic (exact) mass is 538 g/mol. The lowest BCUT2D eigenvalue weighted by Crippen LogP contribution is -2.51. The van der Waals surface area contributed by atoms with Gasteiger partial charge < -0.3 is 15.0 Å². The molecule has 2 amide bonds. The SMILES string of the molecule is CCS(=O)(=O)c1cccc(C(=O)N2[C@@H](C(=O)N[C@@H](c3cc(F)c(Cl)cc3F)C3COC3)C[C@H]3C[C@H]32)c1. The number of carbonyl (C=O) groups excluding carboxylic acids is 2. The van der Waals surface area contributed by atoms with Gasteiger partial charge in [0.25, 0.3) is 5.91 Å². The third-order valence-corrected chi connectivity index (χ3v) is 9.29. The number of likely N-dealkylation sites (tertiary alicyclic amines) is 1. The summed E-state index contributed by atoms with van der Waals surface area (Å²) in [6.45, 7) is 2.07. The van der Waals surface area contributed by atoms with Crippen molar-refractivity contribution in [2.24, 2.45) is 11.8 Å². The van der Waals surface area contributed by atoms with E-state index >= 15 is 0 Å². The molecule has 3 fully saturated rings. The second kappa shape index (κ2) is 9.39. The topological polar surface area (TPSA) is 92.8 Å². The highest BCUT2D eigenvalue weighted by Gasteiger charge is 2.56. The van der Waals surface area contributed by atoms with E-state index in [0.717, 1.165) is 18.6 Å². The molecule has 7 nitrogen and oxygen atoms in total. The number of carbonyl (C=O) groups is 2. The molecule has 2 aromatic carbocycles. The molecule has 3 aliphatic rings. The molecule has 1 aliphatic carbocycles. The molecule has 0 radical (unpaired) electrons. The molecule has 1 N–H and O–H groups in total. The van der Waals surface area contributed by atoms with Gasteiger partial charge in [-0.25, -0.2) is 17.2 Å². The van der Waals surface area contributed by atoms with Crippen LogP contribution in [0.2, 0.25) is 5.02 Å². The smallest absolute Gasteiger partial charge is 0.254 e. The summed E-state index contributed by atoms with van der Waals surface area (Å²) in [5.74, 6) is -2.64. The number of piperidine rings is 1. The molecule has 2 aromatic rings. The molecule has 2 saturated heterocycles. The molecule has 2 heterocycles. The summed E-state index contributed by atoms with van der Waals surface area (Å²) in [4.78, 5) is 28.5. The number of amides is 2. The number of hydrogen-bond donors (Lipinski definition) is 1. The largest absolute Gasteiger partial charge is 0.381 e. The van der Waals surface area contributed by atoms with Crippen LogP contribution in [0.3, 0.4) is 0 Å². The van der Waals surface area contributed by atoms with Crippen LogP contribution >= 0.6 is 11.6 Å². The Balaban J connectivity index is 1.40. The number of fused-ring (bicyclic) bond motifs is 1. The molecule has 2 aliphatic heterocycles. The lowest BCUT2D eigenvalue weighted by Gasteiger charge is -2.36. The van der Waals surface area contributed by atoms with Gasteiger partial charge >= 0.3 is 0 Å². The van der Waals surface area contributed by atoms with Crippen LogP contribution in [0.4, 0.5) is 8.78 Å². The van der Waals surface area contributed by atoms with Crippen molar-refractivity contribution in [1.29, 1.82) is 0 Å². The quantitative estimate of drug-likeness (QED) is 0.545. The number of rotatable bonds is 7. The van der Waals surface area contributed by atoms with Gasteiger partial charge in [-0.05, 0) is 49.1 Å². The zero-order chi connectivity index (χ0) is 25.8. The van der Waals surface area contributed by atoms with Crippen LogP contribution in [0.1, 0.15) is 41.7 Å². The molecule has 0 bridgehead atoms. The van der Waals surface area contributed by atoms with Crippen molar-refractivity contribution in [3.05, 3.63) is 64.2 Å². The van der Waals surface area contributed by atoms with Gasteiger partial charge in [0.2, 0.25) is 5.91 Å². The number of nitrogens with one attached hydrogen (secondary N) is 1. The molecule has 192 valence electrons. The van der Waals surface area contributed by atoms with E-state index in [2.05, 4.69) is 5.32 Å². The number of benzene rings is 2. The minimum atomic E-state index is -3.51. The Bertz CT molecular complexity index is 1330. The third kappa shape index (κ3) is 4.50. The molecule has 36 heavy (non-hydrogen) atoms. The Morgan fingerprint density at radius 3 is 2.58 bits per heavy atom. The zero-order valence-corrected chi connectivity index (χ0v) is 21.0. The molecule has 0 unspecified atom stereocenters. The van der Waals surface area contributed by atoms with Crippen molar-refractivity contribution in [3.8, 4) is 0 Å². The average molecular weight is 539 g/mol. The van der Waals surface area contributed by atoms with Crippen molar-refractivity contribution in [2.45, 2.75) is 42.8 Å². The molecule has 5 rings (SSSR count). The first-order valence-electron chi connectivity index (χ1n) is 11.8. The highest BCUT2D eigenvalue weighted by atomic mass is 35.5. The third-order valence-electron chi connectivity index (χ3n) is 7.27. The molecule has 4 atom stereocenters. The van der Waals surface area contributed by atoms with E-state index in [1.165, 1.54) is 36.1 Å². The van der Waals surface area contributed by atoms with E-state index < -0.39 is 45.4 Å². The lowest BCUT2D eigenvalue weighted by atomic mass is 9.90. The van der Waals surface area contributed by atoms with Crippen LogP contribution in [0, 0.1) is 23.5 Å². The summed E-state index contributed by atoms with van der Waals surface area (Å²) in [7, 11) is -3.51. The van der Waals surface area contributed by atoms with Gasteiger partial charge in [-0.3, -0.25) is 9.59 Å². The zero-order valence-electron chi connectivity index (χ0n) is 19.4. The number of ether oxygens (including phenoxy) is 1. The van der Waals surface area contributed by atoms with Gasteiger partial charge in [-0.1, -0.05) is 24.6 Å². The summed E-state index contributed by atoms with van der Waals surface area (Å²) < 4.78 is 58.7. The Kier molecular flexibility index (Phi) is 6.55. The van der Waals surface area contributed by atoms with E-state index in [0.29, 0.717) is 6.42 Å². The highest BCUT2D eigenvalue weighted by molar-refractivity contribution is 7.91. The van der Waals surface area contributed by atoms with Crippen molar-refractivity contribution in [2.75, 3.05) is 19.0 Å². The molecule has 1 saturated carbocycles. The lowest BCUT2D eigenvalue weighted by molar-refractivity contribution is -0.128. The summed E-state index contributed by atoms with van der Waals surface area (Å²) in [6.07, 6.45) is 1.21. The number of hydrogen-bond acceptors (Lipinski definition) is 5. The predicted molar refractivity (Wildman–Crippen MR) is 127 cm³/mol. The number of nitrogens with zero attached hydrogens (tertiary/aromatic N) is 1. The van der Waals surface area contributed by atoms with E-state index in [4.69, 9.17) is 16.3 Å². The van der Waals surface area contributed by atoms with Crippen molar-refractivity contribution in [3.63, 3.8) is 0 Å². The summed E-state index contributed by atoms with van der Waals surface area (Å²) in [5, 5.41) is 2.47. The standard InChI is InChI=1S/C25H25ClF2N2O5S/c1-2-36(33,34)16-5-3-4-13(6-16)25(32)30-21-7-14(21)8-22(30)24(31)29-23(15-11-35-12-15)17-9-20(28)18(26)10-19(17)27/h3-6,9-10,14-15,21-23H,2,7-8,11-12H2,1H3,(H,29,31)/t14-,21-,22-,23-/m1/s1. The Morgan fingerprint density at radius 2 is 1.92 bits per heavy atom. The first kappa shape index (κ1) is 25.1. The van der Waals surface area contributed by atoms with Gasteiger partial charge in [0.15, 0.2) is 9.84 Å². The van der Waals surface area contributed by atoms with Crippen LogP contribution < -0.4 is 5.32 Å². The Morgan fingerprint density at radius 1 is 1.17 bits per heavy atom. The van der Waals surface area contributed by atoms with E-state index in [1.54, 1.807) is 0 Å². The van der Waals surface area contributed by atoms with Crippen molar-refractivity contribution < 1.29 is 31.5 Å². The highest BCUT2D eigenvalue weighted by Crippen LogP contribution is 2.48. The van der Waals surface area contributed by atoms with Gasteiger partial charge in [0, 0.05) is 23.1 Å². The molecule has 11 heteroatoms. The van der Waals surface area contributed by atoms with Gasteiger partial charge in [0.1, 0.15) is 17.7 Å². The summed E-state index contributed by atoms with van der Waals surface area (Å²) in [5.41, 5.74) is 0.154. The minimum absolute atomic E-state index is 0.0305. The van der Waals surface area contributed by atoms with Crippen LogP contribution in [0.5, 0.6) is 0 Å². The first-order chi connectivity index (χ1) is 17.1. The van der Waals surface area contributed by atoms with Crippen LogP contribution in [0.25, 0.3) is 0 Å². The van der Waals surface area contributed by atoms with Crippen LogP contribution in [-0.4, -0.2) is 56.2 Å². The van der Waals surface area contributed by atoms with Gasteiger partial charge in [-0.2, -0.15) is 0 Å². The van der Waals surface area contributed by atoms with Crippen LogP contribution in [0.15, 0.2) is 41.3 Å². The van der Waals surface area contributed by atoms with E-state index in [1.807, 2.05) is 0 Å². The van der Waals surface area contributed by atoms with Gasteiger partial charge in [-0.15, -0.1) is 0 Å². The number of halogens is 3. The van der Waals surface area contributed by atoms with E-state index in [-0.39, 0.29) is 57.9 Å². The van der Waals surface area contributed by atoms with E-state index in [9.17, 15) is 26.8 Å². The summed E-state index contributed by atoms with van der Waals surface area (Å²) >= 11 is 5.70. The first-order valence-corrected chi connectivity index (χ1v) is 13.8. The molecular weight excluding hydrogens is 514 g/mol. The second-order valence-electron chi connectivity index (χ2n) is 9.53. The minimum Gasteiger partial charge on any atom is -0.381 e. The second-order valence-corrected chi connectivity index (χ2v) is 12.2. The summed E-state index contributed by atoms with van der Waals surface area (Å²) in [6, 6.07) is 5.90. The maximum atomic E-state index is 14.7. The maximum absolute atomic E-state index is 14.7. The van der Waals surface area contributed by atoms with Gasteiger partial charge in [0.05, 0.1) is 34.9 Å². The number of sulfone groups is 1. The normalized spacial score (nSPS) is 24.1. The Hall–Kier alpha value is -2.56. The Labute approximate surface area is 212 Å². The molecule has 0 aromatic heterocycles. The van der Waals surface area contributed by atoms with Crippen LogP contribution in [-0.2, 0) is 19.4 Å². The fourth-order valence-corrected chi connectivity index (χ4v) is 6.12. The average Bonchev–Trinajstić information content (AvgIpc) is 3.48. The molecule has 0 spiro atoms. The molecular formula is C25H25ClF2N2O5S. The van der Waals surface area contributed by atoms with Crippen molar-refractivity contribution >= 4 is 33.3 Å². The fraction of sp³-hybridized carbons (Fsp3) is 0.440. The van der Waals surface area contributed by atoms with Crippen molar-refractivity contribution in [1.82, 2.24) is 10.2 Å². The predicted octanol–water partition coefficient (Wildman–Crippen LogP) is 3.52. The fourth-order valence-electron chi connectivity index (χ4n) is 5.04.